The summed E-state index contributed by atoms with van der Waals surface area (Å²) >= 11 is 0. The third kappa shape index (κ3) is 3.18. The highest BCUT2D eigenvalue weighted by Crippen LogP contribution is 2.56. The molecule has 0 N–H and O–H groups in total. The second kappa shape index (κ2) is 9.07. The average molecular weight is 574 g/mol. The lowest BCUT2D eigenvalue weighted by molar-refractivity contribution is 0.673. The molecule has 10 rings (SSSR count). The van der Waals surface area contributed by atoms with Gasteiger partial charge in [-0.1, -0.05) is 127 Å². The van der Waals surface area contributed by atoms with E-state index >= 15 is 0 Å². The Hall–Kier alpha value is -5.86. The van der Waals surface area contributed by atoms with Gasteiger partial charge < -0.3 is 8.98 Å². The van der Waals surface area contributed by atoms with Crippen molar-refractivity contribution in [1.82, 2.24) is 4.57 Å². The summed E-state index contributed by atoms with van der Waals surface area (Å²) in [6.07, 6.45) is 0. The van der Waals surface area contributed by atoms with Gasteiger partial charge in [0.15, 0.2) is 0 Å². The SMILES string of the molecule is c1ccc(C2(c3ccc(-n4c5ccccc5c5c6oc7ccccc7c6ccc54)cc3)c3ccccc3-c3ccccc32)cc1. The molecule has 1 aliphatic rings. The summed E-state index contributed by atoms with van der Waals surface area (Å²) in [5, 5.41) is 4.65. The van der Waals surface area contributed by atoms with Gasteiger partial charge in [0.1, 0.15) is 11.2 Å². The van der Waals surface area contributed by atoms with E-state index in [-0.39, 0.29) is 0 Å². The summed E-state index contributed by atoms with van der Waals surface area (Å²) in [7, 11) is 0. The molecule has 210 valence electrons. The molecule has 0 fully saturated rings. The number of benzene rings is 7. The summed E-state index contributed by atoms with van der Waals surface area (Å²) in [4.78, 5) is 0. The highest BCUT2D eigenvalue weighted by atomic mass is 16.3. The minimum Gasteiger partial charge on any atom is -0.455 e. The predicted molar refractivity (Wildman–Crippen MR) is 185 cm³/mol. The molecule has 0 unspecified atom stereocenters. The zero-order chi connectivity index (χ0) is 29.5. The molecule has 0 saturated carbocycles. The summed E-state index contributed by atoms with van der Waals surface area (Å²) in [5.41, 5.74) is 12.7. The molecule has 0 radical (unpaired) electrons. The number of rotatable bonds is 3. The normalized spacial score (nSPS) is 13.5. The quantitative estimate of drug-likeness (QED) is 0.206. The highest BCUT2D eigenvalue weighted by Gasteiger charge is 2.45. The van der Waals surface area contributed by atoms with Crippen LogP contribution in [0.2, 0.25) is 0 Å². The van der Waals surface area contributed by atoms with Gasteiger partial charge in [0.2, 0.25) is 0 Å². The van der Waals surface area contributed by atoms with Crippen LogP contribution in [0.15, 0.2) is 168 Å². The van der Waals surface area contributed by atoms with Crippen LogP contribution in [0.3, 0.4) is 0 Å². The van der Waals surface area contributed by atoms with Gasteiger partial charge in [0, 0.05) is 21.8 Å². The molecule has 0 aliphatic heterocycles. The second-order valence-corrected chi connectivity index (χ2v) is 12.0. The number of furan rings is 1. The van der Waals surface area contributed by atoms with Crippen LogP contribution in [-0.4, -0.2) is 4.57 Å². The van der Waals surface area contributed by atoms with Gasteiger partial charge in [-0.2, -0.15) is 0 Å². The summed E-state index contributed by atoms with van der Waals surface area (Å²) in [6, 6.07) is 59.5. The van der Waals surface area contributed by atoms with Crippen LogP contribution in [0.5, 0.6) is 0 Å². The number of aromatic nitrogens is 1. The molecule has 2 heteroatoms. The molecule has 7 aromatic carbocycles. The Labute approximate surface area is 260 Å². The van der Waals surface area contributed by atoms with Crippen LogP contribution in [0, 0.1) is 0 Å². The average Bonchev–Trinajstić information content (AvgIpc) is 3.75. The maximum Gasteiger partial charge on any atom is 0.145 e. The van der Waals surface area contributed by atoms with E-state index in [1.54, 1.807) is 0 Å². The van der Waals surface area contributed by atoms with Crippen LogP contribution in [0.4, 0.5) is 0 Å². The van der Waals surface area contributed by atoms with Gasteiger partial charge in [-0.25, -0.2) is 0 Å². The molecule has 0 amide bonds. The Balaban J connectivity index is 1.23. The maximum absolute atomic E-state index is 6.53. The third-order valence-electron chi connectivity index (χ3n) is 9.90. The Bertz CT molecular complexity index is 2540. The van der Waals surface area contributed by atoms with Gasteiger partial charge in [-0.3, -0.25) is 0 Å². The van der Waals surface area contributed by atoms with Gasteiger partial charge in [-0.15, -0.1) is 0 Å². The van der Waals surface area contributed by atoms with Crippen molar-refractivity contribution >= 4 is 43.7 Å². The largest absolute Gasteiger partial charge is 0.455 e. The Morgan fingerprint density at radius 3 is 1.78 bits per heavy atom. The van der Waals surface area contributed by atoms with Crippen LogP contribution in [-0.2, 0) is 5.41 Å². The van der Waals surface area contributed by atoms with Crippen LogP contribution < -0.4 is 0 Å². The smallest absolute Gasteiger partial charge is 0.145 e. The first kappa shape index (κ1) is 24.6. The fraction of sp³-hybridized carbons (Fsp3) is 0.0233. The van der Waals surface area contributed by atoms with Crippen molar-refractivity contribution in [2.45, 2.75) is 5.41 Å². The van der Waals surface area contributed by atoms with Crippen molar-refractivity contribution in [1.29, 1.82) is 0 Å². The molecule has 45 heavy (non-hydrogen) atoms. The van der Waals surface area contributed by atoms with E-state index in [2.05, 4.69) is 162 Å². The molecular weight excluding hydrogens is 546 g/mol. The third-order valence-corrected chi connectivity index (χ3v) is 9.90. The minimum atomic E-state index is -0.408. The van der Waals surface area contributed by atoms with E-state index in [1.165, 1.54) is 44.3 Å². The Morgan fingerprint density at radius 1 is 0.422 bits per heavy atom. The fourth-order valence-electron chi connectivity index (χ4n) is 8.09. The van der Waals surface area contributed by atoms with Gasteiger partial charge in [0.05, 0.1) is 21.8 Å². The summed E-state index contributed by atoms with van der Waals surface area (Å²) in [5.74, 6) is 0. The molecule has 0 atom stereocenters. The number of hydrogen-bond acceptors (Lipinski definition) is 1. The van der Waals surface area contributed by atoms with Crippen LogP contribution in [0.25, 0.3) is 60.6 Å². The number of nitrogens with zero attached hydrogens (tertiary/aromatic N) is 1. The van der Waals surface area contributed by atoms with Crippen LogP contribution >= 0.6 is 0 Å². The van der Waals surface area contributed by atoms with Crippen molar-refractivity contribution in [3.63, 3.8) is 0 Å². The predicted octanol–water partition coefficient (Wildman–Crippen LogP) is 11.0. The van der Waals surface area contributed by atoms with Crippen LogP contribution in [0.1, 0.15) is 22.3 Å². The first-order valence-electron chi connectivity index (χ1n) is 15.5. The molecular formula is C43H27NO. The molecule has 1 aliphatic carbocycles. The number of para-hydroxylation sites is 2. The summed E-state index contributed by atoms with van der Waals surface area (Å²) < 4.78 is 8.91. The molecule has 2 heterocycles. The molecule has 9 aromatic rings. The van der Waals surface area contributed by atoms with Crippen molar-refractivity contribution in [3.8, 4) is 16.8 Å². The second-order valence-electron chi connectivity index (χ2n) is 12.0. The minimum absolute atomic E-state index is 0.408. The maximum atomic E-state index is 6.53. The van der Waals surface area contributed by atoms with E-state index in [0.29, 0.717) is 0 Å². The van der Waals surface area contributed by atoms with Crippen molar-refractivity contribution < 1.29 is 4.42 Å². The molecule has 0 bridgehead atoms. The standard InChI is InChI=1S/C43H27NO/c1-2-12-28(13-3-1)43(36-18-8-4-14-31(36)32-15-5-9-19-37(32)43)29-22-24-30(25-23-29)44-38-20-10-6-17-35(38)41-39(44)27-26-34-33-16-7-11-21-40(33)45-42(34)41/h1-27H. The van der Waals surface area contributed by atoms with Crippen molar-refractivity contribution in [2.24, 2.45) is 0 Å². The fourth-order valence-corrected chi connectivity index (χ4v) is 8.09. The van der Waals surface area contributed by atoms with E-state index < -0.39 is 5.41 Å². The monoisotopic (exact) mass is 573 g/mol. The van der Waals surface area contributed by atoms with Gasteiger partial charge >= 0.3 is 0 Å². The number of fused-ring (bicyclic) bond motifs is 10. The zero-order valence-electron chi connectivity index (χ0n) is 24.4. The van der Waals surface area contributed by atoms with Crippen molar-refractivity contribution in [3.05, 3.63) is 186 Å². The zero-order valence-corrected chi connectivity index (χ0v) is 24.4. The van der Waals surface area contributed by atoms with E-state index in [0.717, 1.165) is 38.5 Å². The lowest BCUT2D eigenvalue weighted by atomic mass is 9.68. The first-order valence-corrected chi connectivity index (χ1v) is 15.5. The lowest BCUT2D eigenvalue weighted by Crippen LogP contribution is -2.28. The van der Waals surface area contributed by atoms with Crippen molar-refractivity contribution in [2.75, 3.05) is 0 Å². The first-order chi connectivity index (χ1) is 22.3. The van der Waals surface area contributed by atoms with Gasteiger partial charge in [-0.05, 0) is 69.8 Å². The van der Waals surface area contributed by atoms with Gasteiger partial charge in [0.25, 0.3) is 0 Å². The van der Waals surface area contributed by atoms with E-state index in [9.17, 15) is 0 Å². The topological polar surface area (TPSA) is 18.1 Å². The molecule has 2 nitrogen and oxygen atoms in total. The molecule has 2 aromatic heterocycles. The number of hydrogen-bond donors (Lipinski definition) is 0. The lowest BCUT2D eigenvalue weighted by Gasteiger charge is -2.34. The van der Waals surface area contributed by atoms with E-state index in [4.69, 9.17) is 4.42 Å². The highest BCUT2D eigenvalue weighted by molar-refractivity contribution is 6.23. The Kier molecular flexibility index (Phi) is 4.95. The summed E-state index contributed by atoms with van der Waals surface area (Å²) in [6.45, 7) is 0. The Morgan fingerprint density at radius 2 is 1.02 bits per heavy atom. The van der Waals surface area contributed by atoms with E-state index in [1.807, 2.05) is 6.07 Å². The molecule has 0 saturated heterocycles. The molecule has 0 spiro atoms.